The van der Waals surface area contributed by atoms with Gasteiger partial charge >= 0.3 is 6.03 Å². The number of rotatable bonds is 5. The Balaban J connectivity index is 1.70. The number of hydrogen-bond donors (Lipinski definition) is 1. The van der Waals surface area contributed by atoms with Gasteiger partial charge in [0.05, 0.1) is 6.10 Å². The lowest BCUT2D eigenvalue weighted by Gasteiger charge is -2.26. The number of carbonyl (C=O) groups is 1. The van der Waals surface area contributed by atoms with Crippen LogP contribution in [0.1, 0.15) is 18.4 Å². The van der Waals surface area contributed by atoms with Gasteiger partial charge in [0, 0.05) is 37.8 Å². The maximum Gasteiger partial charge on any atom is 0.322 e. The summed E-state index contributed by atoms with van der Waals surface area (Å²) in [6.07, 6.45) is 5.40. The number of pyridine rings is 1. The lowest BCUT2D eigenvalue weighted by atomic mass is 10.2. The summed E-state index contributed by atoms with van der Waals surface area (Å²) in [4.78, 5) is 18.3. The number of halogens is 1. The third-order valence-corrected chi connectivity index (χ3v) is 3.93. The summed E-state index contributed by atoms with van der Waals surface area (Å²) < 4.78 is 18.9. The molecule has 0 bridgehead atoms. The number of benzene rings is 1. The summed E-state index contributed by atoms with van der Waals surface area (Å²) >= 11 is 0. The molecule has 1 aliphatic heterocycles. The van der Waals surface area contributed by atoms with E-state index in [1.807, 2.05) is 12.1 Å². The van der Waals surface area contributed by atoms with E-state index in [0.717, 1.165) is 25.0 Å². The van der Waals surface area contributed by atoms with Crippen LogP contribution in [0.5, 0.6) is 0 Å². The van der Waals surface area contributed by atoms with Gasteiger partial charge in [-0.1, -0.05) is 6.07 Å². The molecular weight excluding hydrogens is 309 g/mol. The van der Waals surface area contributed by atoms with E-state index in [-0.39, 0.29) is 18.0 Å². The average molecular weight is 329 g/mol. The van der Waals surface area contributed by atoms with Crippen LogP contribution in [-0.4, -0.2) is 35.2 Å². The summed E-state index contributed by atoms with van der Waals surface area (Å²) in [6, 6.07) is 9.35. The maximum absolute atomic E-state index is 13.3. The molecule has 0 spiro atoms. The molecule has 0 radical (unpaired) electrons. The van der Waals surface area contributed by atoms with Crippen molar-refractivity contribution in [2.24, 2.45) is 0 Å². The Morgan fingerprint density at radius 1 is 1.33 bits per heavy atom. The third-order valence-electron chi connectivity index (χ3n) is 3.93. The minimum absolute atomic E-state index is 0.0464. The zero-order valence-electron chi connectivity index (χ0n) is 13.3. The quantitative estimate of drug-likeness (QED) is 0.914. The number of nitrogens with one attached hydrogen (secondary N) is 1. The SMILES string of the molecule is O=C(Nc1cccc(F)c1)N(Cc1ccncc1)C[C@H]1CCCO1. The Kier molecular flexibility index (Phi) is 5.38. The first-order chi connectivity index (χ1) is 11.7. The molecule has 2 amide bonds. The highest BCUT2D eigenvalue weighted by Crippen LogP contribution is 2.17. The molecule has 2 heterocycles. The number of aromatic nitrogens is 1. The zero-order chi connectivity index (χ0) is 16.8. The molecule has 0 aliphatic carbocycles. The van der Waals surface area contributed by atoms with Gasteiger partial charge in [-0.3, -0.25) is 4.98 Å². The average Bonchev–Trinajstić information content (AvgIpc) is 3.08. The van der Waals surface area contributed by atoms with Gasteiger partial charge < -0.3 is 15.0 Å². The maximum atomic E-state index is 13.3. The number of nitrogens with zero attached hydrogens (tertiary/aromatic N) is 2. The van der Waals surface area contributed by atoms with E-state index < -0.39 is 0 Å². The second-order valence-corrected chi connectivity index (χ2v) is 5.81. The van der Waals surface area contributed by atoms with Crippen LogP contribution in [-0.2, 0) is 11.3 Å². The number of hydrogen-bond acceptors (Lipinski definition) is 3. The highest BCUT2D eigenvalue weighted by molar-refractivity contribution is 5.89. The van der Waals surface area contributed by atoms with Crippen molar-refractivity contribution in [2.45, 2.75) is 25.5 Å². The Morgan fingerprint density at radius 2 is 2.17 bits per heavy atom. The number of anilines is 1. The van der Waals surface area contributed by atoms with Gasteiger partial charge in [0.2, 0.25) is 0 Å². The van der Waals surface area contributed by atoms with Crippen molar-refractivity contribution in [1.82, 2.24) is 9.88 Å². The molecule has 0 unspecified atom stereocenters. The van der Waals surface area contributed by atoms with E-state index in [1.165, 1.54) is 12.1 Å². The smallest absolute Gasteiger partial charge is 0.322 e. The molecule has 1 aliphatic rings. The summed E-state index contributed by atoms with van der Waals surface area (Å²) in [7, 11) is 0. The second kappa shape index (κ2) is 7.88. The largest absolute Gasteiger partial charge is 0.376 e. The van der Waals surface area contributed by atoms with Crippen LogP contribution in [0.4, 0.5) is 14.9 Å². The second-order valence-electron chi connectivity index (χ2n) is 5.81. The highest BCUT2D eigenvalue weighted by atomic mass is 19.1. The lowest BCUT2D eigenvalue weighted by Crippen LogP contribution is -2.39. The van der Waals surface area contributed by atoms with Gasteiger partial charge in [-0.05, 0) is 48.7 Å². The summed E-state index contributed by atoms with van der Waals surface area (Å²) in [5.74, 6) is -0.382. The van der Waals surface area contributed by atoms with Crippen LogP contribution >= 0.6 is 0 Å². The van der Waals surface area contributed by atoms with E-state index in [0.29, 0.717) is 18.8 Å². The molecule has 0 saturated carbocycles. The Hall–Kier alpha value is -2.47. The van der Waals surface area contributed by atoms with Crippen LogP contribution < -0.4 is 5.32 Å². The number of urea groups is 1. The van der Waals surface area contributed by atoms with Crippen LogP contribution in [0, 0.1) is 5.82 Å². The van der Waals surface area contributed by atoms with Gasteiger partial charge in [0.25, 0.3) is 0 Å². The van der Waals surface area contributed by atoms with E-state index in [9.17, 15) is 9.18 Å². The van der Waals surface area contributed by atoms with Crippen molar-refractivity contribution < 1.29 is 13.9 Å². The number of ether oxygens (including phenoxy) is 1. The molecule has 1 aromatic carbocycles. The minimum Gasteiger partial charge on any atom is -0.376 e. The van der Waals surface area contributed by atoms with Crippen LogP contribution in [0.3, 0.4) is 0 Å². The van der Waals surface area contributed by atoms with Crippen LogP contribution in [0.2, 0.25) is 0 Å². The van der Waals surface area contributed by atoms with Crippen molar-refractivity contribution >= 4 is 11.7 Å². The van der Waals surface area contributed by atoms with Crippen molar-refractivity contribution in [3.8, 4) is 0 Å². The number of amides is 2. The zero-order valence-corrected chi connectivity index (χ0v) is 13.3. The topological polar surface area (TPSA) is 54.5 Å². The molecule has 1 N–H and O–H groups in total. The normalized spacial score (nSPS) is 16.8. The molecule has 126 valence electrons. The molecule has 1 saturated heterocycles. The van der Waals surface area contributed by atoms with Crippen molar-refractivity contribution in [1.29, 1.82) is 0 Å². The van der Waals surface area contributed by atoms with E-state index >= 15 is 0 Å². The summed E-state index contributed by atoms with van der Waals surface area (Å²) in [5.41, 5.74) is 1.42. The van der Waals surface area contributed by atoms with Gasteiger partial charge in [-0.15, -0.1) is 0 Å². The van der Waals surface area contributed by atoms with Crippen molar-refractivity contribution in [3.05, 3.63) is 60.2 Å². The third kappa shape index (κ3) is 4.52. The van der Waals surface area contributed by atoms with E-state index in [4.69, 9.17) is 4.74 Å². The van der Waals surface area contributed by atoms with Crippen LogP contribution in [0.25, 0.3) is 0 Å². The van der Waals surface area contributed by atoms with Crippen molar-refractivity contribution in [3.63, 3.8) is 0 Å². The standard InChI is InChI=1S/C18H20FN3O2/c19-15-3-1-4-16(11-15)21-18(23)22(13-17-5-2-10-24-17)12-14-6-8-20-9-7-14/h1,3-4,6-9,11,17H,2,5,10,12-13H2,(H,21,23)/t17-/m1/s1. The van der Waals surface area contributed by atoms with Gasteiger partial charge in [0.15, 0.2) is 0 Å². The number of carbonyl (C=O) groups excluding carboxylic acids is 1. The molecule has 24 heavy (non-hydrogen) atoms. The summed E-state index contributed by atoms with van der Waals surface area (Å²) in [5, 5.41) is 2.75. The molecule has 3 rings (SSSR count). The first kappa shape index (κ1) is 16.4. The molecule has 1 atom stereocenters. The molecule has 1 fully saturated rings. The fraction of sp³-hybridized carbons (Fsp3) is 0.333. The predicted octanol–water partition coefficient (Wildman–Crippen LogP) is 3.43. The highest BCUT2D eigenvalue weighted by Gasteiger charge is 2.23. The summed E-state index contributed by atoms with van der Waals surface area (Å²) in [6.45, 7) is 1.69. The molecule has 5 nitrogen and oxygen atoms in total. The van der Waals surface area contributed by atoms with Gasteiger partial charge in [-0.2, -0.15) is 0 Å². The molecule has 2 aromatic rings. The molecular formula is C18H20FN3O2. The fourth-order valence-electron chi connectivity index (χ4n) is 2.73. The Bertz CT molecular complexity index is 675. The fourth-order valence-corrected chi connectivity index (χ4v) is 2.73. The van der Waals surface area contributed by atoms with E-state index in [2.05, 4.69) is 10.3 Å². The van der Waals surface area contributed by atoms with Gasteiger partial charge in [-0.25, -0.2) is 9.18 Å². The Labute approximate surface area is 140 Å². The van der Waals surface area contributed by atoms with Crippen LogP contribution in [0.15, 0.2) is 48.8 Å². The minimum atomic E-state index is -0.382. The molecule has 1 aromatic heterocycles. The van der Waals surface area contributed by atoms with Gasteiger partial charge in [0.1, 0.15) is 5.82 Å². The van der Waals surface area contributed by atoms with E-state index in [1.54, 1.807) is 29.4 Å². The first-order valence-electron chi connectivity index (χ1n) is 8.03. The Morgan fingerprint density at radius 3 is 2.88 bits per heavy atom. The predicted molar refractivity (Wildman–Crippen MR) is 89.0 cm³/mol. The monoisotopic (exact) mass is 329 g/mol. The molecule has 6 heteroatoms. The lowest BCUT2D eigenvalue weighted by molar-refractivity contribution is 0.0819. The van der Waals surface area contributed by atoms with Crippen molar-refractivity contribution in [2.75, 3.05) is 18.5 Å². The first-order valence-corrected chi connectivity index (χ1v) is 8.03.